The highest BCUT2D eigenvalue weighted by Crippen LogP contribution is 2.32. The molecular formula is C28H44N4O2. The second-order valence-electron chi connectivity index (χ2n) is 10.1. The minimum atomic E-state index is -0.229. The molecule has 0 aliphatic carbocycles. The van der Waals surface area contributed by atoms with E-state index in [0.717, 1.165) is 35.3 Å². The number of carbonyl (C=O) groups is 2. The fourth-order valence-electron chi connectivity index (χ4n) is 4.11. The van der Waals surface area contributed by atoms with Crippen LogP contribution in [0.3, 0.4) is 0 Å². The van der Waals surface area contributed by atoms with Crippen molar-refractivity contribution >= 4 is 17.6 Å². The van der Waals surface area contributed by atoms with Crippen LogP contribution in [0.15, 0.2) is 36.5 Å². The van der Waals surface area contributed by atoms with Crippen LogP contribution in [0.2, 0.25) is 0 Å². The van der Waals surface area contributed by atoms with E-state index in [-0.39, 0.29) is 36.4 Å². The molecule has 188 valence electrons. The number of nitrogens with one attached hydrogen (secondary N) is 1. The fourth-order valence-corrected chi connectivity index (χ4v) is 4.11. The number of hydrogen-bond acceptors (Lipinski definition) is 2. The molecule has 0 fully saturated rings. The normalized spacial score (nSPS) is 11.4. The van der Waals surface area contributed by atoms with Gasteiger partial charge in [0.15, 0.2) is 0 Å². The Bertz CT molecular complexity index is 919. The van der Waals surface area contributed by atoms with Gasteiger partial charge in [-0.1, -0.05) is 59.2 Å². The van der Waals surface area contributed by atoms with Gasteiger partial charge in [0, 0.05) is 37.2 Å². The Balaban J connectivity index is 2.26. The first-order valence-electron chi connectivity index (χ1n) is 12.6. The zero-order chi connectivity index (χ0) is 25.4. The zero-order valence-electron chi connectivity index (χ0n) is 22.4. The molecule has 0 bridgehead atoms. The number of para-hydroxylation sites is 1. The minimum Gasteiger partial charge on any atom is -0.353 e. The third kappa shape index (κ3) is 7.12. The monoisotopic (exact) mass is 468 g/mol. The van der Waals surface area contributed by atoms with Crippen molar-refractivity contribution in [2.24, 2.45) is 7.05 Å². The Morgan fingerprint density at radius 2 is 1.59 bits per heavy atom. The number of hydrogen-bond donors (Lipinski definition) is 1. The molecule has 2 rings (SSSR count). The van der Waals surface area contributed by atoms with Crippen LogP contribution in [0.5, 0.6) is 0 Å². The van der Waals surface area contributed by atoms with Gasteiger partial charge < -0.3 is 19.7 Å². The standard InChI is InChI=1S/C28H44N4O2/c1-9-10-17-31(18-23-13-12-16-30(23)8)26(33)19-32(22(6)7)28(34)29-27-24(20(2)3)14-11-15-25(27)21(4)5/h11-16,20-22H,9-10,17-19H2,1-8H3,(H,29,34). The van der Waals surface area contributed by atoms with Crippen LogP contribution >= 0.6 is 0 Å². The maximum absolute atomic E-state index is 13.5. The molecule has 1 heterocycles. The molecule has 0 aliphatic rings. The largest absolute Gasteiger partial charge is 0.353 e. The third-order valence-corrected chi connectivity index (χ3v) is 6.33. The Kier molecular flexibility index (Phi) is 10.2. The van der Waals surface area contributed by atoms with Gasteiger partial charge in [-0.05, 0) is 55.4 Å². The molecule has 0 radical (unpaired) electrons. The summed E-state index contributed by atoms with van der Waals surface area (Å²) < 4.78 is 2.04. The van der Waals surface area contributed by atoms with Gasteiger partial charge in [0.05, 0.1) is 6.54 Å². The number of nitrogens with zero attached hydrogens (tertiary/aromatic N) is 3. The smallest absolute Gasteiger partial charge is 0.322 e. The molecule has 34 heavy (non-hydrogen) atoms. The summed E-state index contributed by atoms with van der Waals surface area (Å²) in [6.45, 7) is 15.8. The van der Waals surface area contributed by atoms with Crippen LogP contribution in [0.1, 0.15) is 90.0 Å². The molecule has 3 amide bonds. The fraction of sp³-hybridized carbons (Fsp3) is 0.571. The van der Waals surface area contributed by atoms with Crippen LogP contribution in [0.4, 0.5) is 10.5 Å². The SMILES string of the molecule is CCCCN(Cc1cccn1C)C(=O)CN(C(=O)Nc1c(C(C)C)cccc1C(C)C)C(C)C. The van der Waals surface area contributed by atoms with Crippen LogP contribution in [-0.2, 0) is 18.4 Å². The van der Waals surface area contributed by atoms with E-state index in [0.29, 0.717) is 13.1 Å². The molecule has 6 nitrogen and oxygen atoms in total. The van der Waals surface area contributed by atoms with Crippen molar-refractivity contribution in [2.75, 3.05) is 18.4 Å². The molecule has 1 aromatic heterocycles. The van der Waals surface area contributed by atoms with Crippen LogP contribution in [-0.4, -0.2) is 45.4 Å². The summed E-state index contributed by atoms with van der Waals surface area (Å²) in [6.07, 6.45) is 3.93. The van der Waals surface area contributed by atoms with Crippen molar-refractivity contribution in [2.45, 2.75) is 85.7 Å². The summed E-state index contributed by atoms with van der Waals surface area (Å²) in [5.74, 6) is 0.524. The number of rotatable bonds is 11. The average molecular weight is 469 g/mol. The maximum Gasteiger partial charge on any atom is 0.322 e. The first kappa shape index (κ1) is 27.5. The van der Waals surface area contributed by atoms with Crippen molar-refractivity contribution in [3.8, 4) is 0 Å². The molecule has 0 atom stereocenters. The topological polar surface area (TPSA) is 57.6 Å². The first-order valence-corrected chi connectivity index (χ1v) is 12.6. The van der Waals surface area contributed by atoms with E-state index in [1.165, 1.54) is 0 Å². The summed E-state index contributed by atoms with van der Waals surface area (Å²) in [4.78, 5) is 30.4. The number of aromatic nitrogens is 1. The predicted octanol–water partition coefficient (Wildman–Crippen LogP) is 6.34. The molecule has 0 saturated heterocycles. The van der Waals surface area contributed by atoms with E-state index in [2.05, 4.69) is 58.1 Å². The quantitative estimate of drug-likeness (QED) is 0.418. The van der Waals surface area contributed by atoms with E-state index in [1.54, 1.807) is 4.90 Å². The van der Waals surface area contributed by atoms with Crippen LogP contribution in [0, 0.1) is 0 Å². The summed E-state index contributed by atoms with van der Waals surface area (Å²) in [5.41, 5.74) is 4.19. The van der Waals surface area contributed by atoms with Crippen molar-refractivity contribution in [1.29, 1.82) is 0 Å². The number of carbonyl (C=O) groups excluding carboxylic acids is 2. The molecule has 0 aliphatic heterocycles. The van der Waals surface area contributed by atoms with Gasteiger partial charge in [0.25, 0.3) is 0 Å². The summed E-state index contributed by atoms with van der Waals surface area (Å²) in [6, 6.07) is 9.89. The van der Waals surface area contributed by atoms with Crippen molar-refractivity contribution in [3.63, 3.8) is 0 Å². The van der Waals surface area contributed by atoms with Crippen molar-refractivity contribution in [3.05, 3.63) is 53.3 Å². The number of aryl methyl sites for hydroxylation is 1. The lowest BCUT2D eigenvalue weighted by atomic mass is 9.93. The molecule has 1 aromatic carbocycles. The Labute approximate surface area is 206 Å². The average Bonchev–Trinajstić information content (AvgIpc) is 3.18. The van der Waals surface area contributed by atoms with E-state index in [1.807, 2.05) is 48.7 Å². The van der Waals surface area contributed by atoms with Gasteiger partial charge >= 0.3 is 6.03 Å². The zero-order valence-corrected chi connectivity index (χ0v) is 22.4. The molecule has 0 saturated carbocycles. The number of unbranched alkanes of at least 4 members (excludes halogenated alkanes) is 1. The van der Waals surface area contributed by atoms with Gasteiger partial charge in [-0.3, -0.25) is 4.79 Å². The van der Waals surface area contributed by atoms with Crippen LogP contribution < -0.4 is 5.32 Å². The second kappa shape index (κ2) is 12.6. The molecular weight excluding hydrogens is 424 g/mol. The number of anilines is 1. The number of urea groups is 1. The van der Waals surface area contributed by atoms with Gasteiger partial charge in [0.1, 0.15) is 6.54 Å². The highest BCUT2D eigenvalue weighted by molar-refractivity contribution is 5.94. The second-order valence-corrected chi connectivity index (χ2v) is 10.1. The van der Waals surface area contributed by atoms with Crippen molar-refractivity contribution in [1.82, 2.24) is 14.4 Å². The molecule has 2 aromatic rings. The lowest BCUT2D eigenvalue weighted by Crippen LogP contribution is -2.47. The summed E-state index contributed by atoms with van der Waals surface area (Å²) >= 11 is 0. The highest BCUT2D eigenvalue weighted by atomic mass is 16.2. The number of amides is 3. The van der Waals surface area contributed by atoms with E-state index in [9.17, 15) is 9.59 Å². The maximum atomic E-state index is 13.5. The molecule has 0 unspecified atom stereocenters. The Hall–Kier alpha value is -2.76. The molecule has 6 heteroatoms. The van der Waals surface area contributed by atoms with Crippen LogP contribution in [0.25, 0.3) is 0 Å². The van der Waals surface area contributed by atoms with Gasteiger partial charge in [-0.2, -0.15) is 0 Å². The predicted molar refractivity (Wildman–Crippen MR) is 141 cm³/mol. The van der Waals surface area contributed by atoms with Gasteiger partial charge in [0.2, 0.25) is 5.91 Å². The van der Waals surface area contributed by atoms with E-state index in [4.69, 9.17) is 0 Å². The van der Waals surface area contributed by atoms with Crippen molar-refractivity contribution < 1.29 is 9.59 Å². The lowest BCUT2D eigenvalue weighted by Gasteiger charge is -2.31. The minimum absolute atomic E-state index is 0.0280. The van der Waals surface area contributed by atoms with E-state index >= 15 is 0 Å². The Morgan fingerprint density at radius 1 is 0.971 bits per heavy atom. The molecule has 0 spiro atoms. The molecule has 1 N–H and O–H groups in total. The lowest BCUT2D eigenvalue weighted by molar-refractivity contribution is -0.132. The van der Waals surface area contributed by atoms with Gasteiger partial charge in [-0.25, -0.2) is 4.79 Å². The van der Waals surface area contributed by atoms with Gasteiger partial charge in [-0.15, -0.1) is 0 Å². The van der Waals surface area contributed by atoms with E-state index < -0.39 is 0 Å². The summed E-state index contributed by atoms with van der Waals surface area (Å²) in [7, 11) is 1.99. The third-order valence-electron chi connectivity index (χ3n) is 6.33. The Morgan fingerprint density at radius 3 is 2.06 bits per heavy atom. The highest BCUT2D eigenvalue weighted by Gasteiger charge is 2.26. The first-order chi connectivity index (χ1) is 16.1. The summed E-state index contributed by atoms with van der Waals surface area (Å²) in [5, 5.41) is 3.18. The number of benzene rings is 1.